The van der Waals surface area contributed by atoms with Crippen molar-refractivity contribution in [2.45, 2.75) is 45.2 Å². The van der Waals surface area contributed by atoms with Crippen LogP contribution in [0.3, 0.4) is 0 Å². The Morgan fingerprint density at radius 1 is 1.36 bits per heavy atom. The summed E-state index contributed by atoms with van der Waals surface area (Å²) < 4.78 is 9.21. The first kappa shape index (κ1) is 17.7. The number of methoxy groups -OCH3 is 1. The van der Waals surface area contributed by atoms with Gasteiger partial charge in [0.25, 0.3) is 0 Å². The van der Waals surface area contributed by atoms with E-state index in [4.69, 9.17) is 4.74 Å². The highest BCUT2D eigenvalue weighted by atomic mass is 16.5. The third kappa shape index (κ3) is 4.28. The zero-order valence-electron chi connectivity index (χ0n) is 15.1. The van der Waals surface area contributed by atoms with Crippen LogP contribution in [-0.2, 0) is 22.6 Å². The highest BCUT2D eigenvalue weighted by Crippen LogP contribution is 2.26. The summed E-state index contributed by atoms with van der Waals surface area (Å²) in [6.45, 7) is 5.71. The normalized spacial score (nSPS) is 17.8. The average Bonchev–Trinajstić information content (AvgIpc) is 3.26. The Balaban J connectivity index is 1.58. The Morgan fingerprint density at radius 2 is 2.24 bits per heavy atom. The first-order valence-corrected chi connectivity index (χ1v) is 8.95. The van der Waals surface area contributed by atoms with Gasteiger partial charge in [-0.2, -0.15) is 5.10 Å². The molecule has 25 heavy (non-hydrogen) atoms. The van der Waals surface area contributed by atoms with Crippen molar-refractivity contribution in [3.63, 3.8) is 0 Å². The number of likely N-dealkylation sites (tertiary alicyclic amines) is 1. The van der Waals surface area contributed by atoms with E-state index in [-0.39, 0.29) is 5.91 Å². The number of carbonyl (C=O) groups excluding carboxylic acids is 1. The zero-order chi connectivity index (χ0) is 17.6. The van der Waals surface area contributed by atoms with E-state index in [0.717, 1.165) is 44.0 Å². The molecule has 136 valence electrons. The van der Waals surface area contributed by atoms with Crippen LogP contribution in [0.1, 0.15) is 36.7 Å². The number of rotatable bonds is 7. The van der Waals surface area contributed by atoms with Crippen LogP contribution >= 0.6 is 0 Å². The lowest BCUT2D eigenvalue weighted by Gasteiger charge is -2.33. The number of aromatic nitrogens is 4. The lowest BCUT2D eigenvalue weighted by molar-refractivity contribution is -0.132. The van der Waals surface area contributed by atoms with Crippen LogP contribution in [0.2, 0.25) is 0 Å². The average molecular weight is 345 g/mol. The summed E-state index contributed by atoms with van der Waals surface area (Å²) in [7, 11) is 1.71. The minimum atomic E-state index is 0.203. The molecule has 0 bridgehead atoms. The third-order valence-electron chi connectivity index (χ3n) is 4.89. The number of hydrogen-bond acceptors (Lipinski definition) is 4. The van der Waals surface area contributed by atoms with E-state index in [1.807, 2.05) is 35.0 Å². The number of imidazole rings is 1. The van der Waals surface area contributed by atoms with E-state index in [9.17, 15) is 4.79 Å². The fraction of sp³-hybridized carbons (Fsp3) is 0.611. The molecule has 7 nitrogen and oxygen atoms in total. The lowest BCUT2D eigenvalue weighted by Crippen LogP contribution is -2.40. The molecule has 0 aliphatic carbocycles. The lowest BCUT2D eigenvalue weighted by atomic mass is 9.97. The van der Waals surface area contributed by atoms with E-state index < -0.39 is 0 Å². The van der Waals surface area contributed by atoms with Gasteiger partial charge < -0.3 is 14.2 Å². The van der Waals surface area contributed by atoms with Crippen LogP contribution in [0.5, 0.6) is 0 Å². The highest BCUT2D eigenvalue weighted by molar-refractivity contribution is 5.76. The predicted molar refractivity (Wildman–Crippen MR) is 94.2 cm³/mol. The van der Waals surface area contributed by atoms with Gasteiger partial charge in [-0.3, -0.25) is 9.48 Å². The summed E-state index contributed by atoms with van der Waals surface area (Å²) in [4.78, 5) is 19.1. The van der Waals surface area contributed by atoms with Crippen molar-refractivity contribution in [3.05, 3.63) is 36.2 Å². The minimum Gasteiger partial charge on any atom is -0.383 e. The van der Waals surface area contributed by atoms with Crippen molar-refractivity contribution in [2.75, 3.05) is 26.8 Å². The van der Waals surface area contributed by atoms with Crippen LogP contribution in [0.15, 0.2) is 24.7 Å². The maximum atomic E-state index is 12.6. The van der Waals surface area contributed by atoms with Gasteiger partial charge in [0.2, 0.25) is 5.91 Å². The minimum absolute atomic E-state index is 0.203. The zero-order valence-corrected chi connectivity index (χ0v) is 15.1. The molecule has 0 radical (unpaired) electrons. The number of piperidine rings is 1. The van der Waals surface area contributed by atoms with Crippen LogP contribution in [0.25, 0.3) is 0 Å². The number of ether oxygens (including phenoxy) is 1. The van der Waals surface area contributed by atoms with Crippen molar-refractivity contribution < 1.29 is 9.53 Å². The van der Waals surface area contributed by atoms with Gasteiger partial charge >= 0.3 is 0 Å². The second-order valence-electron chi connectivity index (χ2n) is 6.60. The molecule has 3 rings (SSSR count). The van der Waals surface area contributed by atoms with Gasteiger partial charge in [-0.15, -0.1) is 0 Å². The Labute approximate surface area is 148 Å². The van der Waals surface area contributed by atoms with Crippen molar-refractivity contribution in [2.24, 2.45) is 0 Å². The molecular formula is C18H27N5O2. The van der Waals surface area contributed by atoms with E-state index in [1.165, 1.54) is 0 Å². The highest BCUT2D eigenvalue weighted by Gasteiger charge is 2.27. The van der Waals surface area contributed by atoms with Gasteiger partial charge in [0.1, 0.15) is 5.82 Å². The quantitative estimate of drug-likeness (QED) is 0.768. The summed E-state index contributed by atoms with van der Waals surface area (Å²) in [5.41, 5.74) is 1.09. The molecule has 0 unspecified atom stereocenters. The van der Waals surface area contributed by atoms with Crippen molar-refractivity contribution in [1.82, 2.24) is 24.2 Å². The van der Waals surface area contributed by atoms with Crippen molar-refractivity contribution in [3.8, 4) is 0 Å². The van der Waals surface area contributed by atoms with Gasteiger partial charge in [0.15, 0.2) is 0 Å². The van der Waals surface area contributed by atoms with Gasteiger partial charge in [0, 0.05) is 69.9 Å². The van der Waals surface area contributed by atoms with Gasteiger partial charge in [-0.05, 0) is 25.8 Å². The summed E-state index contributed by atoms with van der Waals surface area (Å²) in [6.07, 6.45) is 8.20. The maximum absolute atomic E-state index is 12.6. The largest absolute Gasteiger partial charge is 0.383 e. The Morgan fingerprint density at radius 3 is 3.00 bits per heavy atom. The van der Waals surface area contributed by atoms with Gasteiger partial charge in [0.05, 0.1) is 6.61 Å². The fourth-order valence-electron chi connectivity index (χ4n) is 3.47. The Kier molecular flexibility index (Phi) is 5.86. The smallest absolute Gasteiger partial charge is 0.224 e. The molecule has 1 aliphatic rings. The van der Waals surface area contributed by atoms with E-state index in [1.54, 1.807) is 13.3 Å². The molecule has 1 atom stereocenters. The Bertz CT molecular complexity index is 693. The molecule has 2 aromatic rings. The fourth-order valence-corrected chi connectivity index (χ4v) is 3.47. The van der Waals surface area contributed by atoms with Gasteiger partial charge in [-0.1, -0.05) is 0 Å². The first-order valence-electron chi connectivity index (χ1n) is 8.95. The Hall–Kier alpha value is -2.15. The number of carbonyl (C=O) groups is 1. The summed E-state index contributed by atoms with van der Waals surface area (Å²) in [5, 5.41) is 4.25. The summed E-state index contributed by atoms with van der Waals surface area (Å²) >= 11 is 0. The van der Waals surface area contributed by atoms with Crippen molar-refractivity contribution >= 4 is 5.91 Å². The standard InChI is InChI=1S/C18H27N5O2/c1-15-5-7-20-23(15)10-6-17(24)22-9-3-4-16(14-22)18-19-8-11-21(18)12-13-25-2/h5,7-8,11,16H,3-4,6,9-10,12-14H2,1-2H3/t16-/m1/s1. The molecule has 1 fully saturated rings. The molecule has 0 aromatic carbocycles. The molecule has 2 aromatic heterocycles. The number of nitrogens with zero attached hydrogens (tertiary/aromatic N) is 5. The maximum Gasteiger partial charge on any atom is 0.224 e. The second-order valence-corrected chi connectivity index (χ2v) is 6.60. The molecule has 0 spiro atoms. The third-order valence-corrected chi connectivity index (χ3v) is 4.89. The topological polar surface area (TPSA) is 65.2 Å². The van der Waals surface area contributed by atoms with E-state index in [2.05, 4.69) is 14.6 Å². The van der Waals surface area contributed by atoms with Crippen LogP contribution in [0, 0.1) is 6.92 Å². The van der Waals surface area contributed by atoms with Crippen LogP contribution in [0.4, 0.5) is 0 Å². The van der Waals surface area contributed by atoms with Crippen molar-refractivity contribution in [1.29, 1.82) is 0 Å². The van der Waals surface area contributed by atoms with E-state index in [0.29, 0.717) is 25.5 Å². The summed E-state index contributed by atoms with van der Waals surface area (Å²) in [5.74, 6) is 1.57. The molecule has 3 heterocycles. The molecule has 1 amide bonds. The second kappa shape index (κ2) is 8.29. The molecule has 0 saturated carbocycles. The molecule has 1 saturated heterocycles. The molecule has 7 heteroatoms. The first-order chi connectivity index (χ1) is 12.2. The molecule has 1 aliphatic heterocycles. The number of hydrogen-bond donors (Lipinski definition) is 0. The van der Waals surface area contributed by atoms with Gasteiger partial charge in [-0.25, -0.2) is 4.98 Å². The number of amides is 1. The van der Waals surface area contributed by atoms with Crippen LogP contribution < -0.4 is 0 Å². The van der Waals surface area contributed by atoms with Crippen LogP contribution in [-0.4, -0.2) is 56.9 Å². The number of aryl methyl sites for hydroxylation is 2. The van der Waals surface area contributed by atoms with E-state index >= 15 is 0 Å². The molecule has 0 N–H and O–H groups in total. The summed E-state index contributed by atoms with van der Waals surface area (Å²) in [6, 6.07) is 1.96. The monoisotopic (exact) mass is 345 g/mol. The SMILES string of the molecule is COCCn1ccnc1[C@@H]1CCCN(C(=O)CCn2nccc2C)C1. The molecular weight excluding hydrogens is 318 g/mol. The predicted octanol–water partition coefficient (Wildman–Crippen LogP) is 1.83.